The van der Waals surface area contributed by atoms with Crippen molar-refractivity contribution in [1.82, 2.24) is 15.2 Å². The third-order valence-electron chi connectivity index (χ3n) is 5.10. The Kier molecular flexibility index (Phi) is 6.36. The third-order valence-corrected chi connectivity index (χ3v) is 5.10. The van der Waals surface area contributed by atoms with E-state index in [1.54, 1.807) is 6.20 Å². The minimum atomic E-state index is -0.0907. The van der Waals surface area contributed by atoms with E-state index >= 15 is 0 Å². The van der Waals surface area contributed by atoms with Gasteiger partial charge in [0.15, 0.2) is 0 Å². The van der Waals surface area contributed by atoms with Crippen LogP contribution in [0, 0.1) is 6.92 Å². The lowest BCUT2D eigenvalue weighted by Crippen LogP contribution is -2.45. The van der Waals surface area contributed by atoms with E-state index in [0.29, 0.717) is 12.1 Å². The largest absolute Gasteiger partial charge is 0.395 e. The van der Waals surface area contributed by atoms with Crippen molar-refractivity contribution in [2.75, 3.05) is 26.2 Å². The molecule has 138 valence electrons. The number of carbonyl (C=O) groups excluding carboxylic acids is 1. The Morgan fingerprint density at radius 1 is 1.27 bits per heavy atom. The Hall–Kier alpha value is -2.24. The molecule has 0 saturated carbocycles. The van der Waals surface area contributed by atoms with Gasteiger partial charge in [0.1, 0.15) is 0 Å². The zero-order valence-corrected chi connectivity index (χ0v) is 15.3. The van der Waals surface area contributed by atoms with Crippen LogP contribution in [-0.2, 0) is 0 Å². The number of carbonyl (C=O) groups is 1. The molecule has 0 radical (unpaired) electrons. The molecule has 0 bridgehead atoms. The Labute approximate surface area is 155 Å². The van der Waals surface area contributed by atoms with Crippen LogP contribution in [0.15, 0.2) is 42.6 Å². The summed E-state index contributed by atoms with van der Waals surface area (Å²) in [4.78, 5) is 19.4. The van der Waals surface area contributed by atoms with E-state index in [4.69, 9.17) is 0 Å². The molecule has 1 amide bonds. The number of hydrogen-bond donors (Lipinski definition) is 2. The minimum absolute atomic E-state index is 0.0907. The molecule has 2 N–H and O–H groups in total. The Bertz CT molecular complexity index is 733. The molecule has 5 nitrogen and oxygen atoms in total. The zero-order valence-electron chi connectivity index (χ0n) is 15.3. The summed E-state index contributed by atoms with van der Waals surface area (Å²) in [7, 11) is 0. The number of benzene rings is 1. The number of pyridine rings is 1. The molecule has 2 aromatic rings. The summed E-state index contributed by atoms with van der Waals surface area (Å²) in [5, 5.41) is 12.5. The van der Waals surface area contributed by atoms with Crippen molar-refractivity contribution in [3.8, 4) is 11.1 Å². The second kappa shape index (κ2) is 8.92. The number of aromatic nitrogens is 1. The molecular formula is C21H27N3O2. The first-order valence-corrected chi connectivity index (χ1v) is 9.35. The fraction of sp³-hybridized carbons (Fsp3) is 0.429. The standard InChI is InChI=1S/C21H27N3O2/c1-16-20(19(10-11-22-16)17-7-3-2-4-8-17)21(26)23-12-14-24-13-6-5-9-18(24)15-25/h2-4,7-8,10-11,18,25H,5-6,9,12-15H2,1H3,(H,23,26)/t18-/m1/s1. The molecule has 5 heteroatoms. The van der Waals surface area contributed by atoms with Crippen LogP contribution in [0.3, 0.4) is 0 Å². The lowest BCUT2D eigenvalue weighted by molar-refractivity contribution is 0.0849. The van der Waals surface area contributed by atoms with Crippen LogP contribution in [0.4, 0.5) is 0 Å². The maximum Gasteiger partial charge on any atom is 0.253 e. The van der Waals surface area contributed by atoms with Gasteiger partial charge in [0, 0.05) is 25.3 Å². The number of aliphatic hydroxyl groups excluding tert-OH is 1. The van der Waals surface area contributed by atoms with Crippen LogP contribution in [0.25, 0.3) is 11.1 Å². The number of hydrogen-bond acceptors (Lipinski definition) is 4. The van der Waals surface area contributed by atoms with Crippen molar-refractivity contribution >= 4 is 5.91 Å². The molecule has 0 unspecified atom stereocenters. The number of rotatable bonds is 6. The lowest BCUT2D eigenvalue weighted by atomic mass is 9.99. The zero-order chi connectivity index (χ0) is 18.4. The molecule has 1 aromatic carbocycles. The highest BCUT2D eigenvalue weighted by Gasteiger charge is 2.22. The van der Waals surface area contributed by atoms with E-state index in [1.807, 2.05) is 43.3 Å². The second-order valence-corrected chi connectivity index (χ2v) is 6.81. The fourth-order valence-electron chi connectivity index (χ4n) is 3.67. The van der Waals surface area contributed by atoms with E-state index < -0.39 is 0 Å². The van der Waals surface area contributed by atoms with Gasteiger partial charge in [0.25, 0.3) is 5.91 Å². The predicted molar refractivity (Wildman–Crippen MR) is 103 cm³/mol. The van der Waals surface area contributed by atoms with Gasteiger partial charge < -0.3 is 10.4 Å². The summed E-state index contributed by atoms with van der Waals surface area (Å²) >= 11 is 0. The number of nitrogens with zero attached hydrogens (tertiary/aromatic N) is 2. The smallest absolute Gasteiger partial charge is 0.253 e. The minimum Gasteiger partial charge on any atom is -0.395 e. The van der Waals surface area contributed by atoms with E-state index in [-0.39, 0.29) is 18.6 Å². The Morgan fingerprint density at radius 3 is 2.85 bits per heavy atom. The van der Waals surface area contributed by atoms with Crippen LogP contribution in [-0.4, -0.2) is 53.2 Å². The number of aryl methyl sites for hydroxylation is 1. The van der Waals surface area contributed by atoms with Crippen LogP contribution in [0.1, 0.15) is 35.3 Å². The van der Waals surface area contributed by atoms with Crippen LogP contribution in [0.2, 0.25) is 0 Å². The third kappa shape index (κ3) is 4.29. The second-order valence-electron chi connectivity index (χ2n) is 6.81. The van der Waals surface area contributed by atoms with Gasteiger partial charge in [-0.2, -0.15) is 0 Å². The topological polar surface area (TPSA) is 65.5 Å². The van der Waals surface area contributed by atoms with Crippen LogP contribution >= 0.6 is 0 Å². The SMILES string of the molecule is Cc1nccc(-c2ccccc2)c1C(=O)NCCN1CCCC[C@@H]1CO. The van der Waals surface area contributed by atoms with Crippen molar-refractivity contribution in [1.29, 1.82) is 0 Å². The molecular weight excluding hydrogens is 326 g/mol. The van der Waals surface area contributed by atoms with Crippen LogP contribution < -0.4 is 5.32 Å². The van der Waals surface area contributed by atoms with Crippen molar-refractivity contribution in [3.63, 3.8) is 0 Å². The number of likely N-dealkylation sites (tertiary alicyclic amines) is 1. The molecule has 3 rings (SSSR count). The van der Waals surface area contributed by atoms with Gasteiger partial charge in [-0.3, -0.25) is 14.7 Å². The molecule has 1 aromatic heterocycles. The molecule has 0 spiro atoms. The molecule has 1 aliphatic rings. The highest BCUT2D eigenvalue weighted by molar-refractivity contribution is 6.01. The number of amides is 1. The van der Waals surface area contributed by atoms with Gasteiger partial charge in [-0.05, 0) is 43.5 Å². The Balaban J connectivity index is 1.68. The molecule has 1 aliphatic heterocycles. The van der Waals surface area contributed by atoms with Gasteiger partial charge in [-0.1, -0.05) is 36.8 Å². The van der Waals surface area contributed by atoms with Gasteiger partial charge >= 0.3 is 0 Å². The molecule has 0 aliphatic carbocycles. The average Bonchev–Trinajstić information content (AvgIpc) is 2.68. The van der Waals surface area contributed by atoms with E-state index in [9.17, 15) is 9.90 Å². The summed E-state index contributed by atoms with van der Waals surface area (Å²) < 4.78 is 0. The summed E-state index contributed by atoms with van der Waals surface area (Å²) in [5.41, 5.74) is 3.28. The van der Waals surface area contributed by atoms with Gasteiger partial charge in [0.2, 0.25) is 0 Å². The molecule has 1 saturated heterocycles. The summed E-state index contributed by atoms with van der Waals surface area (Å²) in [6.07, 6.45) is 5.10. The van der Waals surface area contributed by atoms with Gasteiger partial charge in [0.05, 0.1) is 17.9 Å². The Morgan fingerprint density at radius 2 is 2.08 bits per heavy atom. The molecule has 1 fully saturated rings. The summed E-state index contributed by atoms with van der Waals surface area (Å²) in [6.45, 7) is 4.37. The first-order valence-electron chi connectivity index (χ1n) is 9.35. The molecule has 26 heavy (non-hydrogen) atoms. The lowest BCUT2D eigenvalue weighted by Gasteiger charge is -2.34. The van der Waals surface area contributed by atoms with Crippen molar-refractivity contribution in [3.05, 3.63) is 53.9 Å². The summed E-state index contributed by atoms with van der Waals surface area (Å²) in [5.74, 6) is -0.0907. The van der Waals surface area contributed by atoms with Gasteiger partial charge in [-0.25, -0.2) is 0 Å². The van der Waals surface area contributed by atoms with E-state index in [0.717, 1.165) is 42.8 Å². The van der Waals surface area contributed by atoms with Crippen molar-refractivity contribution in [2.45, 2.75) is 32.2 Å². The van der Waals surface area contributed by atoms with Crippen molar-refractivity contribution in [2.24, 2.45) is 0 Å². The van der Waals surface area contributed by atoms with E-state index in [2.05, 4.69) is 15.2 Å². The fourth-order valence-corrected chi connectivity index (χ4v) is 3.67. The first-order chi connectivity index (χ1) is 12.7. The predicted octanol–water partition coefficient (Wildman–Crippen LogP) is 2.63. The maximum atomic E-state index is 12.8. The normalized spacial score (nSPS) is 17.8. The van der Waals surface area contributed by atoms with Crippen molar-refractivity contribution < 1.29 is 9.90 Å². The highest BCUT2D eigenvalue weighted by Crippen LogP contribution is 2.24. The average molecular weight is 353 g/mol. The number of aliphatic hydroxyl groups is 1. The van der Waals surface area contributed by atoms with Gasteiger partial charge in [-0.15, -0.1) is 0 Å². The highest BCUT2D eigenvalue weighted by atomic mass is 16.3. The molecule has 2 heterocycles. The number of piperidine rings is 1. The quantitative estimate of drug-likeness (QED) is 0.838. The molecule has 1 atom stereocenters. The maximum absolute atomic E-state index is 12.8. The number of nitrogens with one attached hydrogen (secondary N) is 1. The first kappa shape index (κ1) is 18.5. The summed E-state index contributed by atoms with van der Waals surface area (Å²) in [6, 6.07) is 12.0. The van der Waals surface area contributed by atoms with E-state index in [1.165, 1.54) is 6.42 Å². The van der Waals surface area contributed by atoms with Crippen LogP contribution in [0.5, 0.6) is 0 Å². The monoisotopic (exact) mass is 353 g/mol.